The summed E-state index contributed by atoms with van der Waals surface area (Å²) in [5, 5.41) is 0. The molecule has 18 heavy (non-hydrogen) atoms. The van der Waals surface area contributed by atoms with Gasteiger partial charge in [0.2, 0.25) is 5.91 Å². The molecule has 2 rings (SSSR count). The van der Waals surface area contributed by atoms with Crippen LogP contribution in [0.15, 0.2) is 30.3 Å². The Morgan fingerprint density at radius 3 is 2.56 bits per heavy atom. The lowest BCUT2D eigenvalue weighted by molar-refractivity contribution is -0.215. The Labute approximate surface area is 102 Å². The molecule has 1 saturated heterocycles. The van der Waals surface area contributed by atoms with E-state index in [1.54, 1.807) is 30.3 Å². The normalized spacial score (nSPS) is 21.2. The zero-order valence-electron chi connectivity index (χ0n) is 9.48. The molecule has 0 aromatic heterocycles. The molecule has 3 nitrogen and oxygen atoms in total. The number of carbonyl (C=O) groups excluding carboxylic acids is 1. The highest BCUT2D eigenvalue weighted by atomic mass is 19.4. The van der Waals surface area contributed by atoms with Gasteiger partial charge in [0.1, 0.15) is 6.61 Å². The van der Waals surface area contributed by atoms with Gasteiger partial charge in [-0.2, -0.15) is 13.2 Å². The Bertz CT molecular complexity index is 419. The quantitative estimate of drug-likeness (QED) is 0.812. The average molecular weight is 259 g/mol. The van der Waals surface area contributed by atoms with E-state index in [2.05, 4.69) is 4.74 Å². The van der Waals surface area contributed by atoms with Gasteiger partial charge in [-0.1, -0.05) is 30.3 Å². The molecule has 1 amide bonds. The molecular weight excluding hydrogens is 247 g/mol. The standard InChI is InChI=1S/C12H12F3NO2/c13-12(14,15)10-7-18-8-11(17)16(10)6-9-4-2-1-3-5-9/h1-5,10H,6-8H2. The van der Waals surface area contributed by atoms with E-state index in [1.807, 2.05) is 0 Å². The van der Waals surface area contributed by atoms with Gasteiger partial charge in [0.05, 0.1) is 6.61 Å². The van der Waals surface area contributed by atoms with Crippen LogP contribution in [0.1, 0.15) is 5.56 Å². The van der Waals surface area contributed by atoms with Crippen molar-refractivity contribution in [1.29, 1.82) is 0 Å². The molecule has 1 heterocycles. The van der Waals surface area contributed by atoms with Crippen LogP contribution in [0.3, 0.4) is 0 Å². The smallest absolute Gasteiger partial charge is 0.369 e. The van der Waals surface area contributed by atoms with Gasteiger partial charge in [0.15, 0.2) is 6.04 Å². The molecule has 1 fully saturated rings. The molecule has 0 bridgehead atoms. The third-order valence-electron chi connectivity index (χ3n) is 2.77. The number of benzene rings is 1. The lowest BCUT2D eigenvalue weighted by atomic mass is 10.1. The fraction of sp³-hybridized carbons (Fsp3) is 0.417. The highest BCUT2D eigenvalue weighted by Gasteiger charge is 2.47. The van der Waals surface area contributed by atoms with Crippen molar-refractivity contribution in [1.82, 2.24) is 4.90 Å². The topological polar surface area (TPSA) is 29.5 Å². The van der Waals surface area contributed by atoms with Gasteiger partial charge in [0.25, 0.3) is 0 Å². The highest BCUT2D eigenvalue weighted by molar-refractivity contribution is 5.78. The third-order valence-corrected chi connectivity index (χ3v) is 2.77. The largest absolute Gasteiger partial charge is 0.411 e. The summed E-state index contributed by atoms with van der Waals surface area (Å²) < 4.78 is 43.1. The Hall–Kier alpha value is -1.56. The summed E-state index contributed by atoms with van der Waals surface area (Å²) in [4.78, 5) is 12.4. The predicted octanol–water partition coefficient (Wildman–Crippen LogP) is 1.98. The summed E-state index contributed by atoms with van der Waals surface area (Å²) in [5.74, 6) is -0.632. The van der Waals surface area contributed by atoms with Gasteiger partial charge in [-0.25, -0.2) is 0 Å². The summed E-state index contributed by atoms with van der Waals surface area (Å²) in [6.45, 7) is -0.839. The van der Waals surface area contributed by atoms with E-state index in [0.29, 0.717) is 5.56 Å². The summed E-state index contributed by atoms with van der Waals surface area (Å²) in [5.41, 5.74) is 0.669. The van der Waals surface area contributed by atoms with Crippen molar-refractivity contribution in [2.45, 2.75) is 18.8 Å². The van der Waals surface area contributed by atoms with Gasteiger partial charge in [-0.05, 0) is 5.56 Å². The van der Waals surface area contributed by atoms with E-state index >= 15 is 0 Å². The van der Waals surface area contributed by atoms with Crippen LogP contribution in [-0.2, 0) is 16.1 Å². The van der Waals surface area contributed by atoms with Crippen LogP contribution in [0.4, 0.5) is 13.2 Å². The van der Waals surface area contributed by atoms with Gasteiger partial charge in [-0.3, -0.25) is 4.79 Å². The van der Waals surface area contributed by atoms with Gasteiger partial charge >= 0.3 is 6.18 Å². The van der Waals surface area contributed by atoms with E-state index in [0.717, 1.165) is 4.90 Å². The maximum atomic E-state index is 12.8. The second-order valence-corrected chi connectivity index (χ2v) is 4.08. The molecule has 6 heteroatoms. The van der Waals surface area contributed by atoms with Crippen molar-refractivity contribution in [3.8, 4) is 0 Å². The van der Waals surface area contributed by atoms with Crippen LogP contribution in [0, 0.1) is 0 Å². The van der Waals surface area contributed by atoms with Gasteiger partial charge in [0, 0.05) is 6.54 Å². The van der Waals surface area contributed by atoms with E-state index in [-0.39, 0.29) is 13.2 Å². The lowest BCUT2D eigenvalue weighted by Gasteiger charge is -2.36. The minimum Gasteiger partial charge on any atom is -0.369 e. The van der Waals surface area contributed by atoms with Crippen molar-refractivity contribution in [2.75, 3.05) is 13.2 Å². The van der Waals surface area contributed by atoms with E-state index in [1.165, 1.54) is 0 Å². The summed E-state index contributed by atoms with van der Waals surface area (Å²) in [7, 11) is 0. The van der Waals surface area contributed by atoms with Crippen molar-refractivity contribution >= 4 is 5.91 Å². The SMILES string of the molecule is O=C1COCC(C(F)(F)F)N1Cc1ccccc1. The van der Waals surface area contributed by atoms with Crippen LogP contribution in [0.25, 0.3) is 0 Å². The molecule has 0 aliphatic carbocycles. The molecule has 0 radical (unpaired) electrons. The Morgan fingerprint density at radius 1 is 1.28 bits per heavy atom. The second kappa shape index (κ2) is 4.97. The van der Waals surface area contributed by atoms with Crippen LogP contribution >= 0.6 is 0 Å². The van der Waals surface area contributed by atoms with Crippen LogP contribution in [0.5, 0.6) is 0 Å². The number of hydrogen-bond acceptors (Lipinski definition) is 2. The molecule has 0 saturated carbocycles. The fourth-order valence-corrected chi connectivity index (χ4v) is 1.85. The van der Waals surface area contributed by atoms with Crippen molar-refractivity contribution < 1.29 is 22.7 Å². The zero-order valence-corrected chi connectivity index (χ0v) is 9.48. The van der Waals surface area contributed by atoms with Crippen LogP contribution in [-0.4, -0.2) is 36.2 Å². The molecule has 1 unspecified atom stereocenters. The van der Waals surface area contributed by atoms with Crippen LogP contribution in [0.2, 0.25) is 0 Å². The van der Waals surface area contributed by atoms with Crippen LogP contribution < -0.4 is 0 Å². The van der Waals surface area contributed by atoms with E-state index in [9.17, 15) is 18.0 Å². The van der Waals surface area contributed by atoms with Crippen molar-refractivity contribution in [2.24, 2.45) is 0 Å². The van der Waals surface area contributed by atoms with Crippen molar-refractivity contribution in [3.63, 3.8) is 0 Å². The Kier molecular flexibility index (Phi) is 3.56. The van der Waals surface area contributed by atoms with Gasteiger partial charge in [-0.15, -0.1) is 0 Å². The molecule has 0 spiro atoms. The molecule has 1 aromatic rings. The number of halogens is 3. The molecule has 98 valence electrons. The molecule has 1 aliphatic heterocycles. The maximum Gasteiger partial charge on any atom is 0.411 e. The first-order valence-electron chi connectivity index (χ1n) is 5.46. The average Bonchev–Trinajstić information content (AvgIpc) is 2.32. The van der Waals surface area contributed by atoms with E-state index in [4.69, 9.17) is 0 Å². The second-order valence-electron chi connectivity index (χ2n) is 4.08. The summed E-state index contributed by atoms with van der Waals surface area (Å²) in [6.07, 6.45) is -4.47. The van der Waals surface area contributed by atoms with Crippen molar-refractivity contribution in [3.05, 3.63) is 35.9 Å². The minimum atomic E-state index is -4.47. The molecule has 1 atom stereocenters. The predicted molar refractivity (Wildman–Crippen MR) is 57.7 cm³/mol. The number of nitrogens with zero attached hydrogens (tertiary/aromatic N) is 1. The number of ether oxygens (including phenoxy) is 1. The van der Waals surface area contributed by atoms with Gasteiger partial charge < -0.3 is 9.64 Å². The molecular formula is C12H12F3NO2. The number of amides is 1. The monoisotopic (exact) mass is 259 g/mol. The summed E-state index contributed by atoms with van der Waals surface area (Å²) in [6, 6.07) is 6.74. The number of morpholine rings is 1. The Morgan fingerprint density at radius 2 is 1.94 bits per heavy atom. The zero-order chi connectivity index (χ0) is 13.2. The first-order chi connectivity index (χ1) is 8.48. The van der Waals surface area contributed by atoms with E-state index < -0.39 is 24.7 Å². The lowest BCUT2D eigenvalue weighted by Crippen LogP contribution is -2.55. The number of hydrogen-bond donors (Lipinski definition) is 0. The molecule has 1 aliphatic rings. The number of alkyl halides is 3. The Balaban J connectivity index is 2.18. The maximum absolute atomic E-state index is 12.8. The summed E-state index contributed by atoms with van der Waals surface area (Å²) >= 11 is 0. The number of carbonyl (C=O) groups is 1. The first-order valence-corrected chi connectivity index (χ1v) is 5.46. The number of rotatable bonds is 2. The minimum absolute atomic E-state index is 0.0484. The first kappa shape index (κ1) is 12.9. The third kappa shape index (κ3) is 2.81. The molecule has 0 N–H and O–H groups in total. The highest BCUT2D eigenvalue weighted by Crippen LogP contribution is 2.28. The molecule has 1 aromatic carbocycles. The fourth-order valence-electron chi connectivity index (χ4n) is 1.85.